The SMILES string of the molecule is O=C(O)N1CC[C@H](Nc2nnc(Cl)c3cccnc23)C1. The Morgan fingerprint density at radius 2 is 2.35 bits per heavy atom. The van der Waals surface area contributed by atoms with E-state index in [1.54, 1.807) is 12.3 Å². The number of aromatic nitrogens is 3. The molecule has 1 saturated heterocycles. The normalized spacial score (nSPS) is 18.4. The summed E-state index contributed by atoms with van der Waals surface area (Å²) in [5.74, 6) is 0.530. The number of hydrogen-bond donors (Lipinski definition) is 2. The molecule has 0 aromatic carbocycles. The molecule has 1 amide bonds. The predicted molar refractivity (Wildman–Crippen MR) is 74.0 cm³/mol. The van der Waals surface area contributed by atoms with Gasteiger partial charge in [-0.2, -0.15) is 0 Å². The maximum atomic E-state index is 10.9. The first kappa shape index (κ1) is 12.9. The minimum Gasteiger partial charge on any atom is -0.465 e. The second-order valence-corrected chi connectivity index (χ2v) is 4.96. The number of likely N-dealkylation sites (tertiary alicyclic amines) is 1. The Labute approximate surface area is 119 Å². The summed E-state index contributed by atoms with van der Waals surface area (Å²) in [6.45, 7) is 0.938. The van der Waals surface area contributed by atoms with Crippen molar-refractivity contribution in [3.8, 4) is 0 Å². The Kier molecular flexibility index (Phi) is 3.27. The molecular weight excluding hydrogens is 282 g/mol. The molecule has 3 heterocycles. The van der Waals surface area contributed by atoms with Crippen LogP contribution in [0.3, 0.4) is 0 Å². The van der Waals surface area contributed by atoms with Crippen LogP contribution in [0.15, 0.2) is 18.3 Å². The Morgan fingerprint density at radius 1 is 1.50 bits per heavy atom. The number of carboxylic acid groups (broad SMARTS) is 1. The molecule has 0 aliphatic carbocycles. The highest BCUT2D eigenvalue weighted by molar-refractivity contribution is 6.34. The first-order chi connectivity index (χ1) is 9.65. The van der Waals surface area contributed by atoms with Gasteiger partial charge in [-0.3, -0.25) is 4.98 Å². The number of amides is 1. The first-order valence-corrected chi connectivity index (χ1v) is 6.54. The van der Waals surface area contributed by atoms with E-state index in [9.17, 15) is 4.79 Å². The monoisotopic (exact) mass is 293 g/mol. The molecule has 7 nitrogen and oxygen atoms in total. The molecule has 0 bridgehead atoms. The van der Waals surface area contributed by atoms with E-state index >= 15 is 0 Å². The van der Waals surface area contributed by atoms with Crippen molar-refractivity contribution in [2.75, 3.05) is 18.4 Å². The predicted octanol–water partition coefficient (Wildman–Crippen LogP) is 1.84. The molecule has 0 unspecified atom stereocenters. The van der Waals surface area contributed by atoms with E-state index < -0.39 is 6.09 Å². The van der Waals surface area contributed by atoms with Crippen molar-refractivity contribution in [3.05, 3.63) is 23.5 Å². The second-order valence-electron chi connectivity index (χ2n) is 4.60. The third kappa shape index (κ3) is 2.32. The van der Waals surface area contributed by atoms with Gasteiger partial charge in [0.1, 0.15) is 5.52 Å². The van der Waals surface area contributed by atoms with Crippen molar-refractivity contribution in [2.45, 2.75) is 12.5 Å². The van der Waals surface area contributed by atoms with Crippen LogP contribution in [-0.2, 0) is 0 Å². The van der Waals surface area contributed by atoms with Crippen LogP contribution in [-0.4, -0.2) is 50.4 Å². The fourth-order valence-corrected chi connectivity index (χ4v) is 2.49. The van der Waals surface area contributed by atoms with Crippen molar-refractivity contribution in [1.29, 1.82) is 0 Å². The fraction of sp³-hybridized carbons (Fsp3) is 0.333. The van der Waals surface area contributed by atoms with Crippen LogP contribution in [0.25, 0.3) is 10.9 Å². The number of carbonyl (C=O) groups is 1. The van der Waals surface area contributed by atoms with Gasteiger partial charge >= 0.3 is 6.09 Å². The Hall–Kier alpha value is -2.15. The van der Waals surface area contributed by atoms with Crippen molar-refractivity contribution in [2.24, 2.45) is 0 Å². The summed E-state index contributed by atoms with van der Waals surface area (Å²) in [7, 11) is 0. The number of nitrogens with one attached hydrogen (secondary N) is 1. The van der Waals surface area contributed by atoms with E-state index in [1.165, 1.54) is 4.90 Å². The summed E-state index contributed by atoms with van der Waals surface area (Å²) in [6, 6.07) is 3.61. The zero-order valence-electron chi connectivity index (χ0n) is 10.5. The maximum absolute atomic E-state index is 10.9. The number of rotatable bonds is 2. The lowest BCUT2D eigenvalue weighted by Crippen LogP contribution is -2.30. The second kappa shape index (κ2) is 5.09. The zero-order chi connectivity index (χ0) is 14.1. The van der Waals surface area contributed by atoms with E-state index in [0.717, 1.165) is 11.8 Å². The van der Waals surface area contributed by atoms with Crippen LogP contribution >= 0.6 is 11.6 Å². The molecule has 1 fully saturated rings. The van der Waals surface area contributed by atoms with Gasteiger partial charge < -0.3 is 15.3 Å². The Morgan fingerprint density at radius 3 is 3.10 bits per heavy atom. The molecule has 0 radical (unpaired) electrons. The third-order valence-corrected chi connectivity index (χ3v) is 3.57. The number of halogens is 1. The minimum absolute atomic E-state index is 0.00628. The van der Waals surface area contributed by atoms with Crippen molar-refractivity contribution in [3.63, 3.8) is 0 Å². The lowest BCUT2D eigenvalue weighted by Gasteiger charge is -2.15. The van der Waals surface area contributed by atoms with E-state index in [-0.39, 0.29) is 6.04 Å². The smallest absolute Gasteiger partial charge is 0.407 e. The average molecular weight is 294 g/mol. The number of nitrogens with zero attached hydrogens (tertiary/aromatic N) is 4. The van der Waals surface area contributed by atoms with E-state index in [1.807, 2.05) is 6.07 Å². The maximum Gasteiger partial charge on any atom is 0.407 e. The standard InChI is InChI=1S/C12H12ClN5O2/c13-10-8-2-1-4-14-9(8)11(17-16-10)15-7-3-5-18(6-7)12(19)20/h1-2,4,7H,3,5-6H2,(H,15,17)(H,19,20)/t7-/m0/s1. The van der Waals surface area contributed by atoms with Gasteiger partial charge in [0.2, 0.25) is 0 Å². The summed E-state index contributed by atoms with van der Waals surface area (Å²) < 4.78 is 0. The summed E-state index contributed by atoms with van der Waals surface area (Å²) in [4.78, 5) is 16.5. The van der Waals surface area contributed by atoms with Crippen LogP contribution in [0.4, 0.5) is 10.6 Å². The molecule has 2 N–H and O–H groups in total. The molecule has 3 rings (SSSR count). The molecule has 1 aliphatic rings. The lowest BCUT2D eigenvalue weighted by molar-refractivity contribution is 0.155. The van der Waals surface area contributed by atoms with E-state index in [0.29, 0.717) is 29.6 Å². The van der Waals surface area contributed by atoms with Gasteiger partial charge in [-0.05, 0) is 18.6 Å². The van der Waals surface area contributed by atoms with E-state index in [2.05, 4.69) is 20.5 Å². The number of anilines is 1. The van der Waals surface area contributed by atoms with Crippen LogP contribution in [0.2, 0.25) is 5.15 Å². The van der Waals surface area contributed by atoms with Gasteiger partial charge in [0, 0.05) is 30.7 Å². The van der Waals surface area contributed by atoms with Gasteiger partial charge in [-0.25, -0.2) is 4.79 Å². The number of hydrogen-bond acceptors (Lipinski definition) is 5. The third-order valence-electron chi connectivity index (χ3n) is 3.29. The van der Waals surface area contributed by atoms with Crippen molar-refractivity contribution < 1.29 is 9.90 Å². The largest absolute Gasteiger partial charge is 0.465 e. The van der Waals surface area contributed by atoms with Crippen molar-refractivity contribution in [1.82, 2.24) is 20.1 Å². The highest BCUT2D eigenvalue weighted by atomic mass is 35.5. The topological polar surface area (TPSA) is 91.2 Å². The molecule has 2 aromatic heterocycles. The lowest BCUT2D eigenvalue weighted by atomic mass is 10.2. The van der Waals surface area contributed by atoms with Gasteiger partial charge in [0.05, 0.1) is 0 Å². The van der Waals surface area contributed by atoms with Gasteiger partial charge in [-0.15, -0.1) is 10.2 Å². The molecular formula is C12H12ClN5O2. The molecule has 0 spiro atoms. The minimum atomic E-state index is -0.903. The molecule has 0 saturated carbocycles. The van der Waals surface area contributed by atoms with Crippen LogP contribution in [0.1, 0.15) is 6.42 Å². The molecule has 20 heavy (non-hydrogen) atoms. The molecule has 1 aliphatic heterocycles. The van der Waals surface area contributed by atoms with Crippen LogP contribution in [0, 0.1) is 0 Å². The average Bonchev–Trinajstić information content (AvgIpc) is 2.91. The zero-order valence-corrected chi connectivity index (χ0v) is 11.2. The summed E-state index contributed by atoms with van der Waals surface area (Å²) >= 11 is 5.98. The number of pyridine rings is 1. The fourth-order valence-electron chi connectivity index (χ4n) is 2.30. The van der Waals surface area contributed by atoms with Crippen LogP contribution in [0.5, 0.6) is 0 Å². The molecule has 8 heteroatoms. The number of fused-ring (bicyclic) bond motifs is 1. The Bertz CT molecular complexity index is 665. The molecule has 2 aromatic rings. The first-order valence-electron chi connectivity index (χ1n) is 6.16. The summed E-state index contributed by atoms with van der Waals surface area (Å²) in [5, 5.41) is 21.1. The van der Waals surface area contributed by atoms with Gasteiger partial charge in [-0.1, -0.05) is 11.6 Å². The van der Waals surface area contributed by atoms with Crippen LogP contribution < -0.4 is 5.32 Å². The quantitative estimate of drug-likeness (QED) is 0.878. The molecule has 1 atom stereocenters. The van der Waals surface area contributed by atoms with Gasteiger partial charge in [0.15, 0.2) is 11.0 Å². The van der Waals surface area contributed by atoms with E-state index in [4.69, 9.17) is 16.7 Å². The molecule has 104 valence electrons. The highest BCUT2D eigenvalue weighted by Gasteiger charge is 2.26. The van der Waals surface area contributed by atoms with Gasteiger partial charge in [0.25, 0.3) is 0 Å². The highest BCUT2D eigenvalue weighted by Crippen LogP contribution is 2.25. The Balaban J connectivity index is 1.85. The summed E-state index contributed by atoms with van der Waals surface area (Å²) in [5.41, 5.74) is 0.640. The van der Waals surface area contributed by atoms with Crippen molar-refractivity contribution >= 4 is 34.4 Å². The summed E-state index contributed by atoms with van der Waals surface area (Å²) in [6.07, 6.45) is 1.48.